The second-order valence-corrected chi connectivity index (χ2v) is 4.26. The maximum atomic E-state index is 13.3. The van der Waals surface area contributed by atoms with Gasteiger partial charge in [0.05, 0.1) is 0 Å². The molecule has 1 rings (SSSR count). The molecule has 0 aliphatic heterocycles. The molecule has 0 fully saturated rings. The van der Waals surface area contributed by atoms with E-state index in [1.807, 2.05) is 0 Å². The van der Waals surface area contributed by atoms with Gasteiger partial charge in [0, 0.05) is 18.1 Å². The fourth-order valence-corrected chi connectivity index (χ4v) is 1.54. The number of nitrogens with one attached hydrogen (secondary N) is 1. The van der Waals surface area contributed by atoms with Crippen molar-refractivity contribution >= 4 is 23.9 Å². The van der Waals surface area contributed by atoms with E-state index in [-0.39, 0.29) is 18.4 Å². The standard InChI is InChI=1S/C14H15FN2O4/c15-10-4-2-1-3-9(10)5-8-13(19)17-11(14(20)21)6-7-12(16)18/h1-5,8,11H,6-7H2,(H2,16,18)(H,17,19)(H,20,21)/b8-5+/t11-/m1/s1. The van der Waals surface area contributed by atoms with E-state index in [1.54, 1.807) is 6.07 Å². The first kappa shape index (κ1) is 16.4. The first-order chi connectivity index (χ1) is 9.90. The molecule has 6 nitrogen and oxygen atoms in total. The molecule has 0 radical (unpaired) electrons. The molecule has 0 heterocycles. The zero-order valence-electron chi connectivity index (χ0n) is 11.1. The van der Waals surface area contributed by atoms with Gasteiger partial charge in [0.2, 0.25) is 11.8 Å². The molecule has 1 aromatic carbocycles. The number of benzene rings is 1. The van der Waals surface area contributed by atoms with E-state index >= 15 is 0 Å². The number of halogens is 1. The van der Waals surface area contributed by atoms with Crippen LogP contribution in [0, 0.1) is 5.82 Å². The van der Waals surface area contributed by atoms with Crippen LogP contribution in [0.3, 0.4) is 0 Å². The lowest BCUT2D eigenvalue weighted by atomic mass is 10.1. The van der Waals surface area contributed by atoms with E-state index in [1.165, 1.54) is 24.3 Å². The molecule has 0 bridgehead atoms. The van der Waals surface area contributed by atoms with Crippen molar-refractivity contribution in [1.82, 2.24) is 5.32 Å². The Morgan fingerprint density at radius 3 is 2.57 bits per heavy atom. The average Bonchev–Trinajstić information content (AvgIpc) is 2.42. The number of amides is 2. The summed E-state index contributed by atoms with van der Waals surface area (Å²) in [6.07, 6.45) is 1.99. The van der Waals surface area contributed by atoms with Gasteiger partial charge in [-0.05, 0) is 18.6 Å². The lowest BCUT2D eigenvalue weighted by molar-refractivity contribution is -0.141. The largest absolute Gasteiger partial charge is 0.480 e. The van der Waals surface area contributed by atoms with E-state index in [9.17, 15) is 18.8 Å². The third kappa shape index (κ3) is 5.85. The summed E-state index contributed by atoms with van der Waals surface area (Å²) in [5.74, 6) is -3.12. The van der Waals surface area contributed by atoms with Crippen LogP contribution in [0.5, 0.6) is 0 Å². The number of aliphatic carboxylic acids is 1. The Balaban J connectivity index is 2.64. The topological polar surface area (TPSA) is 109 Å². The van der Waals surface area contributed by atoms with Crippen LogP contribution < -0.4 is 11.1 Å². The molecule has 0 spiro atoms. The molecule has 1 atom stereocenters. The molecule has 0 aliphatic carbocycles. The SMILES string of the molecule is NC(=O)CC[C@@H](NC(=O)/C=C/c1ccccc1F)C(=O)O. The van der Waals surface area contributed by atoms with Crippen molar-refractivity contribution in [3.05, 3.63) is 41.7 Å². The lowest BCUT2D eigenvalue weighted by Crippen LogP contribution is -2.40. The van der Waals surface area contributed by atoms with Crippen molar-refractivity contribution in [3.8, 4) is 0 Å². The molecule has 0 aromatic heterocycles. The smallest absolute Gasteiger partial charge is 0.326 e. The lowest BCUT2D eigenvalue weighted by Gasteiger charge is -2.11. The minimum absolute atomic E-state index is 0.107. The molecular weight excluding hydrogens is 279 g/mol. The van der Waals surface area contributed by atoms with E-state index in [2.05, 4.69) is 5.32 Å². The van der Waals surface area contributed by atoms with Gasteiger partial charge in [-0.25, -0.2) is 9.18 Å². The third-order valence-corrected chi connectivity index (χ3v) is 2.61. The van der Waals surface area contributed by atoms with Crippen molar-refractivity contribution in [2.75, 3.05) is 0 Å². The zero-order valence-corrected chi connectivity index (χ0v) is 11.1. The monoisotopic (exact) mass is 294 g/mol. The quantitative estimate of drug-likeness (QED) is 0.642. The summed E-state index contributed by atoms with van der Waals surface area (Å²) >= 11 is 0. The fourth-order valence-electron chi connectivity index (χ4n) is 1.54. The van der Waals surface area contributed by atoms with E-state index in [4.69, 9.17) is 10.8 Å². The normalized spacial score (nSPS) is 12.0. The van der Waals surface area contributed by atoms with Crippen LogP contribution in [0.4, 0.5) is 4.39 Å². The highest BCUT2D eigenvalue weighted by Crippen LogP contribution is 2.08. The van der Waals surface area contributed by atoms with Crippen LogP contribution in [-0.4, -0.2) is 28.9 Å². The molecule has 0 unspecified atom stereocenters. The molecule has 21 heavy (non-hydrogen) atoms. The van der Waals surface area contributed by atoms with Gasteiger partial charge in [-0.15, -0.1) is 0 Å². The number of hydrogen-bond acceptors (Lipinski definition) is 3. The summed E-state index contributed by atoms with van der Waals surface area (Å²) in [5.41, 5.74) is 5.13. The van der Waals surface area contributed by atoms with Crippen molar-refractivity contribution in [3.63, 3.8) is 0 Å². The molecular formula is C14H15FN2O4. The maximum Gasteiger partial charge on any atom is 0.326 e. The molecule has 4 N–H and O–H groups in total. The molecule has 0 saturated heterocycles. The number of nitrogens with two attached hydrogens (primary N) is 1. The number of carbonyl (C=O) groups excluding carboxylic acids is 2. The van der Waals surface area contributed by atoms with Gasteiger partial charge in [0.15, 0.2) is 0 Å². The number of carboxylic acid groups (broad SMARTS) is 1. The molecule has 7 heteroatoms. The van der Waals surface area contributed by atoms with Crippen LogP contribution in [0.1, 0.15) is 18.4 Å². The number of carbonyl (C=O) groups is 3. The molecule has 112 valence electrons. The summed E-state index contributed by atoms with van der Waals surface area (Å²) in [7, 11) is 0. The Morgan fingerprint density at radius 1 is 1.33 bits per heavy atom. The Kier molecular flexibility index (Phi) is 6.06. The fraction of sp³-hybridized carbons (Fsp3) is 0.214. The third-order valence-electron chi connectivity index (χ3n) is 2.61. The number of rotatable bonds is 7. The first-order valence-electron chi connectivity index (χ1n) is 6.14. The summed E-state index contributed by atoms with van der Waals surface area (Å²) in [6, 6.07) is 4.60. The van der Waals surface area contributed by atoms with E-state index in [0.29, 0.717) is 0 Å². The Labute approximate surface area is 120 Å². The van der Waals surface area contributed by atoms with Gasteiger partial charge < -0.3 is 16.2 Å². The second-order valence-electron chi connectivity index (χ2n) is 4.26. The molecule has 1 aromatic rings. The predicted molar refractivity (Wildman–Crippen MR) is 73.4 cm³/mol. The Hall–Kier alpha value is -2.70. The number of primary amides is 1. The van der Waals surface area contributed by atoms with Gasteiger partial charge in [0.25, 0.3) is 0 Å². The van der Waals surface area contributed by atoms with Crippen LogP contribution in [-0.2, 0) is 14.4 Å². The second kappa shape index (κ2) is 7.78. The van der Waals surface area contributed by atoms with Crippen molar-refractivity contribution < 1.29 is 23.9 Å². The van der Waals surface area contributed by atoms with Gasteiger partial charge >= 0.3 is 5.97 Å². The van der Waals surface area contributed by atoms with Gasteiger partial charge in [0.1, 0.15) is 11.9 Å². The highest BCUT2D eigenvalue weighted by atomic mass is 19.1. The van der Waals surface area contributed by atoms with Gasteiger partial charge in [-0.3, -0.25) is 9.59 Å². The van der Waals surface area contributed by atoms with E-state index < -0.39 is 29.6 Å². The first-order valence-corrected chi connectivity index (χ1v) is 6.14. The van der Waals surface area contributed by atoms with Gasteiger partial charge in [-0.1, -0.05) is 18.2 Å². The molecule has 0 saturated carbocycles. The zero-order chi connectivity index (χ0) is 15.8. The van der Waals surface area contributed by atoms with Crippen molar-refractivity contribution in [1.29, 1.82) is 0 Å². The summed E-state index contributed by atoms with van der Waals surface area (Å²) < 4.78 is 13.3. The van der Waals surface area contributed by atoms with Crippen LogP contribution in [0.25, 0.3) is 6.08 Å². The van der Waals surface area contributed by atoms with Crippen molar-refractivity contribution in [2.24, 2.45) is 5.73 Å². The van der Waals surface area contributed by atoms with Crippen LogP contribution in [0.15, 0.2) is 30.3 Å². The predicted octanol–water partition coefficient (Wildman–Crippen LogP) is 0.674. The Bertz CT molecular complexity index is 572. The number of hydrogen-bond donors (Lipinski definition) is 3. The number of carboxylic acids is 1. The molecule has 2 amide bonds. The molecule has 0 aliphatic rings. The Morgan fingerprint density at radius 2 is 2.00 bits per heavy atom. The van der Waals surface area contributed by atoms with Crippen molar-refractivity contribution in [2.45, 2.75) is 18.9 Å². The average molecular weight is 294 g/mol. The highest BCUT2D eigenvalue weighted by Gasteiger charge is 2.19. The highest BCUT2D eigenvalue weighted by molar-refractivity contribution is 5.94. The van der Waals surface area contributed by atoms with Crippen LogP contribution >= 0.6 is 0 Å². The summed E-state index contributed by atoms with van der Waals surface area (Å²) in [4.78, 5) is 33.1. The van der Waals surface area contributed by atoms with Gasteiger partial charge in [-0.2, -0.15) is 0 Å². The van der Waals surface area contributed by atoms with Crippen LogP contribution in [0.2, 0.25) is 0 Å². The van der Waals surface area contributed by atoms with E-state index in [0.717, 1.165) is 6.08 Å². The minimum atomic E-state index is -1.27. The minimum Gasteiger partial charge on any atom is -0.480 e. The maximum absolute atomic E-state index is 13.3. The summed E-state index contributed by atoms with van der Waals surface area (Å²) in [6.45, 7) is 0. The summed E-state index contributed by atoms with van der Waals surface area (Å²) in [5, 5.41) is 11.1.